The minimum absolute atomic E-state index is 0.608. The maximum atomic E-state index is 4.52. The molecule has 0 spiro atoms. The zero-order valence-corrected chi connectivity index (χ0v) is 11.4. The summed E-state index contributed by atoms with van der Waals surface area (Å²) in [6.07, 6.45) is 0. The number of imidazole rings is 1. The van der Waals surface area contributed by atoms with E-state index in [1.165, 1.54) is 5.56 Å². The van der Waals surface area contributed by atoms with Gasteiger partial charge in [-0.25, -0.2) is 4.98 Å². The summed E-state index contributed by atoms with van der Waals surface area (Å²) >= 11 is 0. The van der Waals surface area contributed by atoms with Gasteiger partial charge in [0.2, 0.25) is 5.95 Å². The number of hydrogen-bond acceptors (Lipinski definition) is 4. The number of aromatic amines is 1. The zero-order valence-electron chi connectivity index (χ0n) is 11.4. The summed E-state index contributed by atoms with van der Waals surface area (Å²) in [5, 5.41) is 11.9. The van der Waals surface area contributed by atoms with Crippen molar-refractivity contribution in [1.82, 2.24) is 30.2 Å². The van der Waals surface area contributed by atoms with Crippen LogP contribution in [0, 0.1) is 6.92 Å². The molecule has 6 nitrogen and oxygen atoms in total. The average Bonchev–Trinajstić information content (AvgIpc) is 3.14. The highest BCUT2D eigenvalue weighted by molar-refractivity contribution is 5.76. The lowest BCUT2D eigenvalue weighted by molar-refractivity contribution is 0.762. The summed E-state index contributed by atoms with van der Waals surface area (Å²) in [4.78, 5) is 7.75. The van der Waals surface area contributed by atoms with Crippen molar-refractivity contribution in [2.75, 3.05) is 0 Å². The molecule has 0 aliphatic rings. The van der Waals surface area contributed by atoms with E-state index in [9.17, 15) is 0 Å². The molecule has 0 aliphatic heterocycles. The van der Waals surface area contributed by atoms with Crippen molar-refractivity contribution in [3.63, 3.8) is 0 Å². The molecule has 21 heavy (non-hydrogen) atoms. The summed E-state index contributed by atoms with van der Waals surface area (Å²) in [5.74, 6) is 1.27. The van der Waals surface area contributed by atoms with E-state index in [1.807, 2.05) is 55.5 Å². The number of rotatable bonds is 2. The average molecular weight is 276 g/mol. The fraction of sp³-hybridized carbons (Fsp3) is 0.0667. The molecule has 4 rings (SSSR count). The molecule has 4 aromatic rings. The van der Waals surface area contributed by atoms with Crippen molar-refractivity contribution in [3.8, 4) is 17.3 Å². The highest BCUT2D eigenvalue weighted by Crippen LogP contribution is 2.20. The third-order valence-electron chi connectivity index (χ3n) is 3.36. The molecule has 2 aromatic heterocycles. The molecule has 0 amide bonds. The van der Waals surface area contributed by atoms with Gasteiger partial charge >= 0.3 is 0 Å². The third kappa shape index (κ3) is 1.97. The number of aromatic nitrogens is 6. The van der Waals surface area contributed by atoms with Gasteiger partial charge < -0.3 is 4.98 Å². The Kier molecular flexibility index (Phi) is 2.53. The van der Waals surface area contributed by atoms with Gasteiger partial charge in [0.1, 0.15) is 0 Å². The molecule has 102 valence electrons. The summed E-state index contributed by atoms with van der Waals surface area (Å²) in [7, 11) is 0. The van der Waals surface area contributed by atoms with Crippen LogP contribution < -0.4 is 0 Å². The molecule has 2 heterocycles. The van der Waals surface area contributed by atoms with E-state index in [0.29, 0.717) is 11.8 Å². The summed E-state index contributed by atoms with van der Waals surface area (Å²) in [6.45, 7) is 2.05. The van der Waals surface area contributed by atoms with E-state index in [-0.39, 0.29) is 0 Å². The Balaban J connectivity index is 1.86. The summed E-state index contributed by atoms with van der Waals surface area (Å²) in [6, 6.07) is 15.9. The largest absolute Gasteiger partial charge is 0.322 e. The van der Waals surface area contributed by atoms with E-state index in [0.717, 1.165) is 16.6 Å². The van der Waals surface area contributed by atoms with Crippen LogP contribution in [0.15, 0.2) is 48.5 Å². The topological polar surface area (TPSA) is 72.3 Å². The number of nitrogens with one attached hydrogen (secondary N) is 1. The second kappa shape index (κ2) is 4.52. The second-order valence-electron chi connectivity index (χ2n) is 4.86. The predicted octanol–water partition coefficient (Wildman–Crippen LogP) is 2.51. The molecule has 0 aliphatic carbocycles. The molecular weight excluding hydrogens is 264 g/mol. The molecule has 6 heteroatoms. The standard InChI is InChI=1S/C15H12N6/c1-10-6-8-11(9-7-10)14-18-19-20-21(14)15-16-12-4-2-3-5-13(12)17-15/h2-9H,1H3,(H,16,17). The first kappa shape index (κ1) is 11.8. The SMILES string of the molecule is Cc1ccc(-c2nnnn2-c2nc3ccccc3[nH]2)cc1. The third-order valence-corrected chi connectivity index (χ3v) is 3.36. The second-order valence-corrected chi connectivity index (χ2v) is 4.86. The van der Waals surface area contributed by atoms with Gasteiger partial charge in [0.05, 0.1) is 11.0 Å². The predicted molar refractivity (Wildman–Crippen MR) is 79.0 cm³/mol. The van der Waals surface area contributed by atoms with Gasteiger partial charge in [-0.05, 0) is 29.5 Å². The minimum Gasteiger partial charge on any atom is -0.322 e. The first-order valence-electron chi connectivity index (χ1n) is 6.62. The number of fused-ring (bicyclic) bond motifs is 1. The highest BCUT2D eigenvalue weighted by Gasteiger charge is 2.13. The van der Waals surface area contributed by atoms with Crippen LogP contribution in [0.4, 0.5) is 0 Å². The Hall–Kier alpha value is -3.02. The van der Waals surface area contributed by atoms with Gasteiger partial charge in [-0.15, -0.1) is 5.10 Å². The maximum absolute atomic E-state index is 4.52. The van der Waals surface area contributed by atoms with Gasteiger partial charge in [0.25, 0.3) is 0 Å². The minimum atomic E-state index is 0.608. The number of para-hydroxylation sites is 2. The number of benzene rings is 2. The Morgan fingerprint density at radius 1 is 1.00 bits per heavy atom. The van der Waals surface area contributed by atoms with Crippen molar-refractivity contribution >= 4 is 11.0 Å². The Morgan fingerprint density at radius 3 is 2.62 bits per heavy atom. The first-order chi connectivity index (χ1) is 10.3. The molecule has 1 N–H and O–H groups in total. The van der Waals surface area contributed by atoms with E-state index < -0.39 is 0 Å². The Bertz CT molecular complexity index is 870. The van der Waals surface area contributed by atoms with Crippen molar-refractivity contribution in [1.29, 1.82) is 0 Å². The van der Waals surface area contributed by atoms with Crippen LogP contribution in [0.25, 0.3) is 28.4 Å². The molecule has 0 saturated heterocycles. The normalized spacial score (nSPS) is 11.1. The quantitative estimate of drug-likeness (QED) is 0.610. The highest BCUT2D eigenvalue weighted by atomic mass is 15.6. The maximum Gasteiger partial charge on any atom is 0.232 e. The van der Waals surface area contributed by atoms with E-state index in [1.54, 1.807) is 4.68 Å². The monoisotopic (exact) mass is 276 g/mol. The number of H-pyrrole nitrogens is 1. The van der Waals surface area contributed by atoms with Crippen LogP contribution in [-0.4, -0.2) is 30.2 Å². The molecule has 0 atom stereocenters. The zero-order chi connectivity index (χ0) is 14.2. The van der Waals surface area contributed by atoms with E-state index in [4.69, 9.17) is 0 Å². The van der Waals surface area contributed by atoms with Gasteiger partial charge in [0.15, 0.2) is 5.82 Å². The van der Waals surface area contributed by atoms with Crippen molar-refractivity contribution in [2.45, 2.75) is 6.92 Å². The Labute approximate surface area is 120 Å². The molecule has 0 unspecified atom stereocenters. The molecule has 0 bridgehead atoms. The first-order valence-corrected chi connectivity index (χ1v) is 6.62. The van der Waals surface area contributed by atoms with Crippen LogP contribution >= 0.6 is 0 Å². The van der Waals surface area contributed by atoms with Crippen LogP contribution in [0.5, 0.6) is 0 Å². The molecule has 0 fully saturated rings. The van der Waals surface area contributed by atoms with Crippen molar-refractivity contribution in [2.24, 2.45) is 0 Å². The van der Waals surface area contributed by atoms with Gasteiger partial charge in [-0.3, -0.25) is 0 Å². The number of hydrogen-bond donors (Lipinski definition) is 1. The number of nitrogens with zero attached hydrogens (tertiary/aromatic N) is 5. The van der Waals surface area contributed by atoms with Crippen LogP contribution in [0.2, 0.25) is 0 Å². The molecule has 0 saturated carbocycles. The van der Waals surface area contributed by atoms with Crippen molar-refractivity contribution in [3.05, 3.63) is 54.1 Å². The van der Waals surface area contributed by atoms with Crippen LogP contribution in [-0.2, 0) is 0 Å². The smallest absolute Gasteiger partial charge is 0.232 e. The summed E-state index contributed by atoms with van der Waals surface area (Å²) < 4.78 is 1.62. The fourth-order valence-electron chi connectivity index (χ4n) is 2.25. The van der Waals surface area contributed by atoms with E-state index >= 15 is 0 Å². The van der Waals surface area contributed by atoms with E-state index in [2.05, 4.69) is 25.5 Å². The number of aryl methyl sites for hydroxylation is 1. The molecule has 2 aromatic carbocycles. The lowest BCUT2D eigenvalue weighted by atomic mass is 10.1. The lowest BCUT2D eigenvalue weighted by Gasteiger charge is -2.01. The van der Waals surface area contributed by atoms with Crippen LogP contribution in [0.1, 0.15) is 5.56 Å². The van der Waals surface area contributed by atoms with Crippen molar-refractivity contribution < 1.29 is 0 Å². The fourth-order valence-corrected chi connectivity index (χ4v) is 2.25. The Morgan fingerprint density at radius 2 is 1.81 bits per heavy atom. The van der Waals surface area contributed by atoms with Gasteiger partial charge in [-0.1, -0.05) is 42.0 Å². The lowest BCUT2D eigenvalue weighted by Crippen LogP contribution is -2.01. The summed E-state index contributed by atoms with van der Waals surface area (Å²) in [5.41, 5.74) is 3.99. The van der Waals surface area contributed by atoms with Gasteiger partial charge in [-0.2, -0.15) is 4.68 Å². The molecule has 0 radical (unpaired) electrons. The van der Waals surface area contributed by atoms with Crippen LogP contribution in [0.3, 0.4) is 0 Å². The number of tetrazole rings is 1. The van der Waals surface area contributed by atoms with Gasteiger partial charge in [0, 0.05) is 5.56 Å². The molecular formula is C15H12N6.